The molecule has 0 aliphatic heterocycles. The van der Waals surface area contributed by atoms with E-state index >= 15 is 0 Å². The minimum atomic E-state index is -1.41. The highest BCUT2D eigenvalue weighted by Gasteiger charge is 2.18. The smallest absolute Gasteiger partial charge is 0.423 e. The minimum Gasteiger partial charge on any atom is -0.423 e. The van der Waals surface area contributed by atoms with Gasteiger partial charge >= 0.3 is 7.12 Å². The lowest BCUT2D eigenvalue weighted by Gasteiger charge is -2.05. The summed E-state index contributed by atoms with van der Waals surface area (Å²) in [6.45, 7) is 1.87. The van der Waals surface area contributed by atoms with Crippen LogP contribution in [0.15, 0.2) is 22.4 Å². The van der Waals surface area contributed by atoms with Crippen LogP contribution >= 0.6 is 24.0 Å². The molecule has 0 atom stereocenters. The first-order valence-electron chi connectivity index (χ1n) is 4.17. The molecule has 5 heteroatoms. The number of rotatable bonds is 1. The lowest BCUT2D eigenvalue weighted by molar-refractivity contribution is 0.426. The fourth-order valence-corrected chi connectivity index (χ4v) is 2.96. The van der Waals surface area contributed by atoms with Crippen molar-refractivity contribution in [2.24, 2.45) is 0 Å². The van der Waals surface area contributed by atoms with Crippen molar-refractivity contribution >= 4 is 46.6 Å². The minimum absolute atomic E-state index is 0.591. The summed E-state index contributed by atoms with van der Waals surface area (Å²) >= 11 is 5.71. The third-order valence-corrected chi connectivity index (χ3v) is 3.58. The van der Waals surface area contributed by atoms with Crippen LogP contribution in [0, 0.1) is 6.92 Å². The highest BCUT2D eigenvalue weighted by molar-refractivity contribution is 7.83. The average molecular weight is 224 g/mol. The van der Waals surface area contributed by atoms with Crippen molar-refractivity contribution in [3.63, 3.8) is 0 Å². The van der Waals surface area contributed by atoms with Crippen LogP contribution in [0.3, 0.4) is 0 Å². The molecular formula is C9H9BO2S2. The van der Waals surface area contributed by atoms with Crippen molar-refractivity contribution in [1.29, 1.82) is 0 Å². The monoisotopic (exact) mass is 224 g/mol. The molecule has 2 nitrogen and oxygen atoms in total. The molecule has 0 bridgehead atoms. The zero-order chi connectivity index (χ0) is 10.3. The van der Waals surface area contributed by atoms with E-state index in [1.807, 2.05) is 25.1 Å². The van der Waals surface area contributed by atoms with Crippen LogP contribution < -0.4 is 5.46 Å². The van der Waals surface area contributed by atoms with Gasteiger partial charge in [-0.2, -0.15) is 0 Å². The van der Waals surface area contributed by atoms with E-state index in [1.54, 1.807) is 0 Å². The summed E-state index contributed by atoms with van der Waals surface area (Å²) in [5.41, 5.74) is 1.48. The maximum Gasteiger partial charge on any atom is 0.490 e. The quantitative estimate of drug-likeness (QED) is 0.502. The lowest BCUT2D eigenvalue weighted by atomic mass is 9.77. The van der Waals surface area contributed by atoms with E-state index in [9.17, 15) is 10.0 Å². The second kappa shape index (κ2) is 3.58. The van der Waals surface area contributed by atoms with Crippen molar-refractivity contribution in [3.05, 3.63) is 23.8 Å². The summed E-state index contributed by atoms with van der Waals surface area (Å²) < 4.78 is 1.79. The molecule has 0 aliphatic rings. The fourth-order valence-electron chi connectivity index (χ4n) is 1.53. The van der Waals surface area contributed by atoms with Crippen LogP contribution in [0.5, 0.6) is 0 Å². The SMILES string of the molecule is Cc1ccc2cc(S)sc2c1B(O)O. The number of hydrogen-bond donors (Lipinski definition) is 3. The number of aryl methyl sites for hydroxylation is 1. The van der Waals surface area contributed by atoms with E-state index in [2.05, 4.69) is 12.6 Å². The van der Waals surface area contributed by atoms with Crippen LogP contribution in [0.1, 0.15) is 5.56 Å². The number of thiol groups is 1. The largest absolute Gasteiger partial charge is 0.490 e. The molecule has 0 fully saturated rings. The van der Waals surface area contributed by atoms with Crippen LogP contribution in [0.4, 0.5) is 0 Å². The van der Waals surface area contributed by atoms with Gasteiger partial charge in [0.2, 0.25) is 0 Å². The molecule has 2 aromatic rings. The molecule has 0 radical (unpaired) electrons. The third-order valence-electron chi connectivity index (χ3n) is 2.19. The highest BCUT2D eigenvalue weighted by atomic mass is 32.2. The molecule has 2 N–H and O–H groups in total. The third kappa shape index (κ3) is 1.57. The van der Waals surface area contributed by atoms with Gasteiger partial charge in [0.1, 0.15) is 0 Å². The lowest BCUT2D eigenvalue weighted by Crippen LogP contribution is -2.32. The van der Waals surface area contributed by atoms with Gasteiger partial charge in [-0.05, 0) is 23.9 Å². The Kier molecular flexibility index (Phi) is 2.57. The second-order valence-corrected chi connectivity index (χ2v) is 5.01. The Bertz CT molecular complexity index is 479. The Balaban J connectivity index is 2.82. The van der Waals surface area contributed by atoms with Crippen LogP contribution in [0.25, 0.3) is 10.1 Å². The van der Waals surface area contributed by atoms with Crippen molar-refractivity contribution in [1.82, 2.24) is 0 Å². The summed E-state index contributed by atoms with van der Waals surface area (Å²) in [6, 6.07) is 5.78. The molecule has 1 heterocycles. The number of hydrogen-bond acceptors (Lipinski definition) is 4. The molecule has 0 saturated carbocycles. The van der Waals surface area contributed by atoms with Gasteiger partial charge in [0.05, 0.1) is 4.21 Å². The second-order valence-electron chi connectivity index (χ2n) is 3.17. The van der Waals surface area contributed by atoms with Gasteiger partial charge in [-0.1, -0.05) is 12.1 Å². The van der Waals surface area contributed by atoms with Gasteiger partial charge in [0.25, 0.3) is 0 Å². The maximum atomic E-state index is 9.25. The topological polar surface area (TPSA) is 40.5 Å². The molecule has 0 spiro atoms. The first-order valence-corrected chi connectivity index (χ1v) is 5.44. The molecule has 2 rings (SSSR count). The summed E-state index contributed by atoms with van der Waals surface area (Å²) in [6.07, 6.45) is 0. The summed E-state index contributed by atoms with van der Waals surface area (Å²) in [4.78, 5) is 0. The zero-order valence-electron chi connectivity index (χ0n) is 7.56. The van der Waals surface area contributed by atoms with Crippen LogP contribution in [-0.2, 0) is 0 Å². The fraction of sp³-hybridized carbons (Fsp3) is 0.111. The van der Waals surface area contributed by atoms with Crippen molar-refractivity contribution in [2.45, 2.75) is 11.1 Å². The molecule has 0 amide bonds. The molecule has 0 saturated heterocycles. The van der Waals surface area contributed by atoms with E-state index in [-0.39, 0.29) is 0 Å². The molecule has 14 heavy (non-hydrogen) atoms. The summed E-state index contributed by atoms with van der Waals surface area (Å²) in [5.74, 6) is 0. The molecule has 1 aromatic heterocycles. The number of fused-ring (bicyclic) bond motifs is 1. The van der Waals surface area contributed by atoms with E-state index in [1.165, 1.54) is 11.3 Å². The zero-order valence-corrected chi connectivity index (χ0v) is 9.27. The normalized spacial score (nSPS) is 10.9. The Hall–Kier alpha value is -0.485. The van der Waals surface area contributed by atoms with E-state index in [4.69, 9.17) is 0 Å². The average Bonchev–Trinajstić information content (AvgIpc) is 2.43. The van der Waals surface area contributed by atoms with E-state index < -0.39 is 7.12 Å². The van der Waals surface area contributed by atoms with Gasteiger partial charge in [-0.3, -0.25) is 0 Å². The number of benzene rings is 1. The molecule has 0 unspecified atom stereocenters. The molecular weight excluding hydrogens is 215 g/mol. The van der Waals surface area contributed by atoms with E-state index in [0.29, 0.717) is 5.46 Å². The first kappa shape index (κ1) is 10.0. The molecule has 0 aliphatic carbocycles. The van der Waals surface area contributed by atoms with Crippen LogP contribution in [-0.4, -0.2) is 17.2 Å². The maximum absolute atomic E-state index is 9.25. The van der Waals surface area contributed by atoms with Gasteiger partial charge in [-0.15, -0.1) is 24.0 Å². The van der Waals surface area contributed by atoms with Crippen molar-refractivity contribution < 1.29 is 10.0 Å². The van der Waals surface area contributed by atoms with Gasteiger partial charge in [-0.25, -0.2) is 0 Å². The Morgan fingerprint density at radius 3 is 2.71 bits per heavy atom. The summed E-state index contributed by atoms with van der Waals surface area (Å²) in [5, 5.41) is 19.5. The Morgan fingerprint density at radius 2 is 2.07 bits per heavy atom. The Labute approximate surface area is 91.8 Å². The first-order chi connectivity index (χ1) is 6.59. The van der Waals surface area contributed by atoms with Crippen molar-refractivity contribution in [2.75, 3.05) is 0 Å². The standard InChI is InChI=1S/C9H9BO2S2/c1-5-2-3-6-4-7(13)14-9(6)8(5)10(11)12/h2-4,11-13H,1H3. The van der Waals surface area contributed by atoms with Crippen LogP contribution in [0.2, 0.25) is 0 Å². The van der Waals surface area contributed by atoms with Gasteiger partial charge in [0.15, 0.2) is 0 Å². The highest BCUT2D eigenvalue weighted by Crippen LogP contribution is 2.27. The van der Waals surface area contributed by atoms with Crippen molar-refractivity contribution in [3.8, 4) is 0 Å². The Morgan fingerprint density at radius 1 is 1.36 bits per heavy atom. The van der Waals surface area contributed by atoms with E-state index in [0.717, 1.165) is 19.9 Å². The number of thiophene rings is 1. The van der Waals surface area contributed by atoms with Gasteiger partial charge in [0, 0.05) is 10.2 Å². The van der Waals surface area contributed by atoms with Gasteiger partial charge < -0.3 is 10.0 Å². The predicted molar refractivity (Wildman–Crippen MR) is 63.6 cm³/mol. The predicted octanol–water partition coefficient (Wildman–Crippen LogP) is 1.18. The molecule has 1 aromatic carbocycles. The summed E-state index contributed by atoms with van der Waals surface area (Å²) in [7, 11) is -1.41. The molecule has 72 valence electrons.